The Morgan fingerprint density at radius 3 is 2.47 bits per heavy atom. The maximum Gasteiger partial charge on any atom is 0.259 e. The van der Waals surface area contributed by atoms with E-state index in [1.807, 2.05) is 0 Å². The molecule has 11 heteroatoms. The average Bonchev–Trinajstić information content (AvgIpc) is 3.09. The van der Waals surface area contributed by atoms with E-state index in [0.717, 1.165) is 12.1 Å². The summed E-state index contributed by atoms with van der Waals surface area (Å²) < 4.78 is 52.7. The molecule has 0 atom stereocenters. The summed E-state index contributed by atoms with van der Waals surface area (Å²) in [5.74, 6) is -2.53. The lowest BCUT2D eigenvalue weighted by Crippen LogP contribution is -2.14. The number of nitrogens with two attached hydrogens (primary N) is 1. The van der Waals surface area contributed by atoms with Crippen molar-refractivity contribution in [2.24, 2.45) is 0 Å². The van der Waals surface area contributed by atoms with Crippen LogP contribution in [0.5, 0.6) is 0 Å². The van der Waals surface area contributed by atoms with E-state index in [2.05, 4.69) is 20.5 Å². The number of hydrogen-bond donors (Lipinski definition) is 3. The van der Waals surface area contributed by atoms with Crippen molar-refractivity contribution in [1.82, 2.24) is 15.2 Å². The van der Waals surface area contributed by atoms with Crippen molar-refractivity contribution in [3.8, 4) is 0 Å². The Morgan fingerprint density at radius 2 is 1.77 bits per heavy atom. The molecule has 0 radical (unpaired) electrons. The summed E-state index contributed by atoms with van der Waals surface area (Å²) in [7, 11) is -4.22. The summed E-state index contributed by atoms with van der Waals surface area (Å²) in [4.78, 5) is 15.5. The summed E-state index contributed by atoms with van der Waals surface area (Å²) >= 11 is 0. The lowest BCUT2D eigenvalue weighted by molar-refractivity contribution is 0.102. The number of nitrogens with one attached hydrogen (secondary N) is 2. The molecule has 8 nitrogen and oxygen atoms in total. The fraction of sp³-hybridized carbons (Fsp3) is 0. The second kappa shape index (κ2) is 7.19. The highest BCUT2D eigenvalue weighted by atomic mass is 32.2. The van der Waals surface area contributed by atoms with Gasteiger partial charge in [0.25, 0.3) is 5.91 Å². The molecular formula is C19H13F2N5O3S. The van der Waals surface area contributed by atoms with Crippen LogP contribution in [0.2, 0.25) is 0 Å². The second-order valence-corrected chi connectivity index (χ2v) is 8.25. The number of halogens is 2. The van der Waals surface area contributed by atoms with E-state index in [1.165, 1.54) is 36.7 Å². The molecule has 2 aromatic heterocycles. The molecule has 0 aliphatic carbocycles. The summed E-state index contributed by atoms with van der Waals surface area (Å²) in [6.07, 6.45) is 2.72. The minimum atomic E-state index is -4.22. The van der Waals surface area contributed by atoms with E-state index in [0.29, 0.717) is 11.6 Å². The van der Waals surface area contributed by atoms with Gasteiger partial charge in [0.1, 0.15) is 11.6 Å². The SMILES string of the molecule is Nc1cnccc1C(=O)Nc1n[nH]c2ccc(S(=O)(=O)c3cc(F)cc(F)c3)cc12. The molecule has 4 aromatic rings. The van der Waals surface area contributed by atoms with E-state index in [-0.39, 0.29) is 27.4 Å². The highest BCUT2D eigenvalue weighted by molar-refractivity contribution is 7.91. The van der Waals surface area contributed by atoms with Crippen LogP contribution in [0.4, 0.5) is 20.3 Å². The molecule has 30 heavy (non-hydrogen) atoms. The van der Waals surface area contributed by atoms with E-state index < -0.39 is 32.3 Å². The van der Waals surface area contributed by atoms with Crippen LogP contribution in [0.15, 0.2) is 64.6 Å². The zero-order chi connectivity index (χ0) is 21.5. The number of pyridine rings is 1. The number of anilines is 2. The summed E-state index contributed by atoms with van der Waals surface area (Å²) in [5, 5.41) is 9.50. The monoisotopic (exact) mass is 429 g/mol. The van der Waals surface area contributed by atoms with Crippen LogP contribution in [0.3, 0.4) is 0 Å². The number of aromatic amines is 1. The standard InChI is InChI=1S/C19H13F2N5O3S/c20-10-5-11(21)7-13(6-10)30(28,29)12-1-2-17-15(8-12)18(26-25-17)24-19(27)14-3-4-23-9-16(14)22/h1-9H,22H2,(H2,24,25,26,27). The number of nitrogens with zero attached hydrogens (tertiary/aromatic N) is 2. The minimum absolute atomic E-state index is 0.0636. The van der Waals surface area contributed by atoms with Gasteiger partial charge < -0.3 is 11.1 Å². The summed E-state index contributed by atoms with van der Waals surface area (Å²) in [5.41, 5.74) is 6.51. The number of carbonyl (C=O) groups is 1. The molecule has 0 aliphatic heterocycles. The number of amides is 1. The normalized spacial score (nSPS) is 11.5. The van der Waals surface area contributed by atoms with Gasteiger partial charge in [-0.1, -0.05) is 0 Å². The minimum Gasteiger partial charge on any atom is -0.397 e. The lowest BCUT2D eigenvalue weighted by Gasteiger charge is -2.07. The molecular weight excluding hydrogens is 416 g/mol. The number of hydrogen-bond acceptors (Lipinski definition) is 6. The molecule has 0 bridgehead atoms. The van der Waals surface area contributed by atoms with Gasteiger partial charge in [0.2, 0.25) is 9.84 Å². The molecule has 0 saturated heterocycles. The van der Waals surface area contributed by atoms with Gasteiger partial charge >= 0.3 is 0 Å². The number of benzene rings is 2. The molecule has 4 N–H and O–H groups in total. The number of rotatable bonds is 4. The molecule has 2 heterocycles. The van der Waals surface area contributed by atoms with Gasteiger partial charge in [-0.3, -0.25) is 14.9 Å². The van der Waals surface area contributed by atoms with Crippen LogP contribution in [0, 0.1) is 11.6 Å². The molecule has 0 saturated carbocycles. The van der Waals surface area contributed by atoms with Crippen LogP contribution in [0.1, 0.15) is 10.4 Å². The van der Waals surface area contributed by atoms with Crippen LogP contribution < -0.4 is 11.1 Å². The first-order chi connectivity index (χ1) is 14.3. The Morgan fingerprint density at radius 1 is 1.03 bits per heavy atom. The van der Waals surface area contributed by atoms with Gasteiger partial charge in [-0.25, -0.2) is 17.2 Å². The van der Waals surface area contributed by atoms with Crippen LogP contribution in [-0.4, -0.2) is 29.5 Å². The van der Waals surface area contributed by atoms with Crippen molar-refractivity contribution in [3.05, 3.63) is 72.1 Å². The van der Waals surface area contributed by atoms with Gasteiger partial charge in [-0.2, -0.15) is 5.10 Å². The fourth-order valence-electron chi connectivity index (χ4n) is 2.86. The first-order valence-electron chi connectivity index (χ1n) is 8.46. The number of carbonyl (C=O) groups excluding carboxylic acids is 1. The molecule has 2 aromatic carbocycles. The van der Waals surface area contributed by atoms with Crippen molar-refractivity contribution in [2.75, 3.05) is 11.1 Å². The predicted molar refractivity (Wildman–Crippen MR) is 105 cm³/mol. The van der Waals surface area contributed by atoms with Gasteiger partial charge in [0, 0.05) is 17.6 Å². The average molecular weight is 429 g/mol. The van der Waals surface area contributed by atoms with Gasteiger partial charge in [-0.15, -0.1) is 0 Å². The fourth-order valence-corrected chi connectivity index (χ4v) is 4.19. The van der Waals surface area contributed by atoms with Crippen molar-refractivity contribution < 1.29 is 22.0 Å². The van der Waals surface area contributed by atoms with E-state index in [4.69, 9.17) is 5.73 Å². The molecule has 0 fully saturated rings. The topological polar surface area (TPSA) is 131 Å². The van der Waals surface area contributed by atoms with Gasteiger partial charge in [-0.05, 0) is 36.4 Å². The largest absolute Gasteiger partial charge is 0.397 e. The second-order valence-electron chi connectivity index (χ2n) is 6.31. The highest BCUT2D eigenvalue weighted by Crippen LogP contribution is 2.28. The number of fused-ring (bicyclic) bond motifs is 1. The van der Waals surface area contributed by atoms with Crippen molar-refractivity contribution in [3.63, 3.8) is 0 Å². The number of sulfone groups is 1. The Balaban J connectivity index is 1.74. The number of H-pyrrole nitrogens is 1. The molecule has 4 rings (SSSR count). The highest BCUT2D eigenvalue weighted by Gasteiger charge is 2.22. The van der Waals surface area contributed by atoms with E-state index >= 15 is 0 Å². The third kappa shape index (κ3) is 3.46. The Hall–Kier alpha value is -3.86. The van der Waals surface area contributed by atoms with Crippen molar-refractivity contribution in [2.45, 2.75) is 9.79 Å². The van der Waals surface area contributed by atoms with Gasteiger partial charge in [0.15, 0.2) is 5.82 Å². The first-order valence-corrected chi connectivity index (χ1v) is 9.94. The maximum atomic E-state index is 13.5. The van der Waals surface area contributed by atoms with Crippen molar-refractivity contribution >= 4 is 38.2 Å². The van der Waals surface area contributed by atoms with Gasteiger partial charge in [0.05, 0.1) is 32.8 Å². The molecule has 0 aliphatic rings. The summed E-state index contributed by atoms with van der Waals surface area (Å²) in [6, 6.07) is 7.42. The predicted octanol–water partition coefficient (Wildman–Crippen LogP) is 2.90. The summed E-state index contributed by atoms with van der Waals surface area (Å²) in [6.45, 7) is 0. The molecule has 0 spiro atoms. The smallest absolute Gasteiger partial charge is 0.259 e. The van der Waals surface area contributed by atoms with E-state index in [9.17, 15) is 22.0 Å². The van der Waals surface area contributed by atoms with Crippen LogP contribution >= 0.6 is 0 Å². The van der Waals surface area contributed by atoms with Crippen molar-refractivity contribution in [1.29, 1.82) is 0 Å². The Bertz CT molecular complexity index is 1380. The first kappa shape index (κ1) is 19.5. The molecule has 1 amide bonds. The zero-order valence-corrected chi connectivity index (χ0v) is 15.9. The quantitative estimate of drug-likeness (QED) is 0.457. The zero-order valence-electron chi connectivity index (χ0n) is 15.1. The third-order valence-electron chi connectivity index (χ3n) is 4.32. The maximum absolute atomic E-state index is 13.5. The number of nitrogen functional groups attached to an aromatic ring is 1. The Labute approximate surface area is 168 Å². The lowest BCUT2D eigenvalue weighted by atomic mass is 10.2. The Kier molecular flexibility index (Phi) is 4.66. The third-order valence-corrected chi connectivity index (χ3v) is 6.05. The van der Waals surface area contributed by atoms with Crippen LogP contribution in [-0.2, 0) is 9.84 Å². The molecule has 152 valence electrons. The molecule has 0 unspecified atom stereocenters. The van der Waals surface area contributed by atoms with Crippen LogP contribution in [0.25, 0.3) is 10.9 Å². The van der Waals surface area contributed by atoms with E-state index in [1.54, 1.807) is 0 Å². The number of aromatic nitrogens is 3.